The molecule has 7 rings (SSSR count). The molecule has 1 heterocycles. The van der Waals surface area contributed by atoms with Crippen LogP contribution < -0.4 is 5.32 Å². The number of allylic oxidation sites excluding steroid dienone is 4. The number of nitrogens with one attached hydrogen (secondary N) is 1. The predicted molar refractivity (Wildman–Crippen MR) is 221 cm³/mol. The largest absolute Gasteiger partial charge is 0.263 e. The van der Waals surface area contributed by atoms with Gasteiger partial charge < -0.3 is 0 Å². The molecule has 0 radical (unpaired) electrons. The lowest BCUT2D eigenvalue weighted by Crippen LogP contribution is -2.18. The molecule has 0 aliphatic carbocycles. The molecule has 0 amide bonds. The van der Waals surface area contributed by atoms with Crippen molar-refractivity contribution in [2.75, 3.05) is 0 Å². The third-order valence-corrected chi connectivity index (χ3v) is 9.14. The highest BCUT2D eigenvalue weighted by Gasteiger charge is 2.24. The summed E-state index contributed by atoms with van der Waals surface area (Å²) in [6, 6.07) is 52.1. The number of azo groups is 1. The Morgan fingerprint density at radius 1 is 0.519 bits per heavy atom. The molecule has 2 atom stereocenters. The molecule has 1 aliphatic heterocycles. The van der Waals surface area contributed by atoms with Crippen LogP contribution in [0.1, 0.15) is 72.9 Å². The number of hydrogen-bond acceptors (Lipinski definition) is 3. The van der Waals surface area contributed by atoms with E-state index in [1.165, 1.54) is 61.2 Å². The molecule has 3 heteroatoms. The molecule has 2 unspecified atom stereocenters. The zero-order chi connectivity index (χ0) is 36.5. The van der Waals surface area contributed by atoms with Crippen LogP contribution in [0, 0.1) is 20.8 Å². The first-order valence-electron chi connectivity index (χ1n) is 18.3. The lowest BCUT2D eigenvalue weighted by Gasteiger charge is -2.15. The molecule has 1 N–H and O–H groups in total. The van der Waals surface area contributed by atoms with Crippen molar-refractivity contribution in [3.8, 4) is 33.4 Å². The van der Waals surface area contributed by atoms with Gasteiger partial charge in [-0.2, -0.15) is 10.2 Å². The van der Waals surface area contributed by atoms with Gasteiger partial charge in [-0.1, -0.05) is 163 Å². The average Bonchev–Trinajstić information content (AvgIpc) is 3.66. The molecule has 6 aromatic carbocycles. The van der Waals surface area contributed by atoms with Crippen molar-refractivity contribution in [3.63, 3.8) is 0 Å². The standard InChI is InChI=1S/C41H39N3.C8H10/c1-5-11-33(22-28(2)3)31-18-20-32(21-19-31)38-25-37(30-13-7-6-8-14-30)26-39(27-38)34-15-10-17-36(24-34)41-42-40(43-44-41)35-16-9-12-29(4)23-35;1-7-4-3-5-8(2)6-7/h6-27,40-42H,5H2,1-4H3;3-6H,1-2H3/b33-11+;. The van der Waals surface area contributed by atoms with Gasteiger partial charge in [-0.05, 0) is 121 Å². The van der Waals surface area contributed by atoms with E-state index in [2.05, 4.69) is 215 Å². The molecule has 0 spiro atoms. The van der Waals surface area contributed by atoms with E-state index in [0.29, 0.717) is 0 Å². The van der Waals surface area contributed by atoms with E-state index in [0.717, 1.165) is 23.1 Å². The summed E-state index contributed by atoms with van der Waals surface area (Å²) in [5.41, 5.74) is 17.1. The first-order valence-corrected chi connectivity index (χ1v) is 18.3. The van der Waals surface area contributed by atoms with Crippen LogP contribution in [0.25, 0.3) is 39.0 Å². The van der Waals surface area contributed by atoms with Crippen molar-refractivity contribution >= 4 is 5.57 Å². The van der Waals surface area contributed by atoms with Gasteiger partial charge in [0.2, 0.25) is 0 Å². The lowest BCUT2D eigenvalue weighted by molar-refractivity contribution is 0.551. The second-order valence-corrected chi connectivity index (χ2v) is 13.9. The van der Waals surface area contributed by atoms with E-state index in [9.17, 15) is 0 Å². The average molecular weight is 680 g/mol. The zero-order valence-electron chi connectivity index (χ0n) is 31.3. The summed E-state index contributed by atoms with van der Waals surface area (Å²) in [5, 5.41) is 12.8. The monoisotopic (exact) mass is 679 g/mol. The minimum absolute atomic E-state index is 0.135. The second kappa shape index (κ2) is 17.0. The Hall–Kier alpha value is -5.64. The van der Waals surface area contributed by atoms with E-state index in [4.69, 9.17) is 0 Å². The van der Waals surface area contributed by atoms with E-state index in [-0.39, 0.29) is 12.3 Å². The lowest BCUT2D eigenvalue weighted by atomic mass is 9.92. The second-order valence-electron chi connectivity index (χ2n) is 13.9. The third kappa shape index (κ3) is 9.37. The molecule has 0 aromatic heterocycles. The predicted octanol–water partition coefficient (Wildman–Crippen LogP) is 13.8. The first kappa shape index (κ1) is 36.2. The van der Waals surface area contributed by atoms with Crippen LogP contribution in [0.15, 0.2) is 174 Å². The highest BCUT2D eigenvalue weighted by Crippen LogP contribution is 2.36. The topological polar surface area (TPSA) is 36.8 Å². The van der Waals surface area contributed by atoms with E-state index in [1.54, 1.807) is 0 Å². The summed E-state index contributed by atoms with van der Waals surface area (Å²) < 4.78 is 0. The number of hydrogen-bond donors (Lipinski definition) is 1. The van der Waals surface area contributed by atoms with Gasteiger partial charge in [0.1, 0.15) is 12.3 Å². The minimum atomic E-state index is -0.184. The molecular weight excluding hydrogens is 631 g/mol. The van der Waals surface area contributed by atoms with Gasteiger partial charge in [0.15, 0.2) is 0 Å². The number of benzene rings is 6. The highest BCUT2D eigenvalue weighted by atomic mass is 15.4. The van der Waals surface area contributed by atoms with Gasteiger partial charge >= 0.3 is 0 Å². The first-order chi connectivity index (χ1) is 25.2. The molecule has 0 saturated carbocycles. The molecular formula is C49H49N3. The van der Waals surface area contributed by atoms with Crippen molar-refractivity contribution in [1.82, 2.24) is 5.32 Å². The highest BCUT2D eigenvalue weighted by molar-refractivity contribution is 5.82. The molecule has 3 nitrogen and oxygen atoms in total. The fourth-order valence-corrected chi connectivity index (χ4v) is 6.62. The van der Waals surface area contributed by atoms with Gasteiger partial charge in [0.25, 0.3) is 0 Å². The maximum absolute atomic E-state index is 4.62. The molecule has 0 saturated heterocycles. The Labute approximate surface area is 310 Å². The fraction of sp³-hybridized carbons (Fsp3) is 0.184. The minimum Gasteiger partial charge on any atom is -0.263 e. The van der Waals surface area contributed by atoms with Crippen molar-refractivity contribution < 1.29 is 0 Å². The van der Waals surface area contributed by atoms with Crippen LogP contribution in [-0.2, 0) is 0 Å². The van der Waals surface area contributed by atoms with E-state index in [1.807, 2.05) is 0 Å². The summed E-state index contributed by atoms with van der Waals surface area (Å²) in [7, 11) is 0. The smallest absolute Gasteiger partial charge is 0.148 e. The number of aryl methyl sites for hydroxylation is 3. The van der Waals surface area contributed by atoms with Crippen LogP contribution in [0.4, 0.5) is 0 Å². The zero-order valence-corrected chi connectivity index (χ0v) is 31.3. The van der Waals surface area contributed by atoms with Gasteiger partial charge in [-0.25, -0.2) is 0 Å². The van der Waals surface area contributed by atoms with Crippen LogP contribution in [-0.4, -0.2) is 0 Å². The maximum atomic E-state index is 4.62. The van der Waals surface area contributed by atoms with E-state index < -0.39 is 0 Å². The normalized spacial score (nSPS) is 15.2. The van der Waals surface area contributed by atoms with Crippen molar-refractivity contribution in [2.45, 2.75) is 60.3 Å². The van der Waals surface area contributed by atoms with Gasteiger partial charge in [-0.15, -0.1) is 0 Å². The Morgan fingerprint density at radius 2 is 1.02 bits per heavy atom. The molecule has 6 aromatic rings. The maximum Gasteiger partial charge on any atom is 0.148 e. The molecule has 0 bridgehead atoms. The summed E-state index contributed by atoms with van der Waals surface area (Å²) in [4.78, 5) is 0. The van der Waals surface area contributed by atoms with Crippen LogP contribution in [0.5, 0.6) is 0 Å². The SMILES string of the molecule is CC/C=C(\C=C(C)C)c1ccc(-c2cc(-c3ccccc3)cc(-c3cccc(C4N=NC(c5cccc(C)c5)N4)c3)c2)cc1.Cc1cccc(C)c1. The Kier molecular flexibility index (Phi) is 11.9. The van der Waals surface area contributed by atoms with E-state index >= 15 is 0 Å². The Balaban J connectivity index is 0.000000514. The van der Waals surface area contributed by atoms with Crippen molar-refractivity contribution in [1.29, 1.82) is 0 Å². The summed E-state index contributed by atoms with van der Waals surface area (Å²) in [6.45, 7) is 12.8. The fourth-order valence-electron chi connectivity index (χ4n) is 6.62. The van der Waals surface area contributed by atoms with Crippen LogP contribution in [0.3, 0.4) is 0 Å². The Morgan fingerprint density at radius 3 is 1.56 bits per heavy atom. The molecule has 0 fully saturated rings. The molecule has 52 heavy (non-hydrogen) atoms. The van der Waals surface area contributed by atoms with Crippen molar-refractivity contribution in [3.05, 3.63) is 197 Å². The van der Waals surface area contributed by atoms with Crippen molar-refractivity contribution in [2.24, 2.45) is 10.2 Å². The van der Waals surface area contributed by atoms with Crippen LogP contribution >= 0.6 is 0 Å². The quantitative estimate of drug-likeness (QED) is 0.160. The molecule has 1 aliphatic rings. The van der Waals surface area contributed by atoms with Crippen LogP contribution in [0.2, 0.25) is 0 Å². The molecule has 260 valence electrons. The van der Waals surface area contributed by atoms with Gasteiger partial charge in [0, 0.05) is 0 Å². The number of rotatable bonds is 8. The summed E-state index contributed by atoms with van der Waals surface area (Å²) in [6.07, 6.45) is 5.25. The summed E-state index contributed by atoms with van der Waals surface area (Å²) >= 11 is 0. The van der Waals surface area contributed by atoms with Gasteiger partial charge in [-0.3, -0.25) is 5.32 Å². The third-order valence-electron chi connectivity index (χ3n) is 9.14. The summed E-state index contributed by atoms with van der Waals surface area (Å²) in [5.74, 6) is 0. The van der Waals surface area contributed by atoms with Gasteiger partial charge in [0.05, 0.1) is 0 Å². The Bertz CT molecular complexity index is 2190. The number of nitrogens with zero attached hydrogens (tertiary/aromatic N) is 2.